The molecular formula is C15H24O. The molecule has 16 heavy (non-hydrogen) atoms. The van der Waals surface area contributed by atoms with Gasteiger partial charge in [-0.2, -0.15) is 0 Å². The van der Waals surface area contributed by atoms with E-state index >= 15 is 0 Å². The zero-order chi connectivity index (χ0) is 12.3. The molecule has 0 radical (unpaired) electrons. The van der Waals surface area contributed by atoms with Gasteiger partial charge in [-0.3, -0.25) is 0 Å². The van der Waals surface area contributed by atoms with Crippen LogP contribution in [0.25, 0.3) is 0 Å². The predicted molar refractivity (Wildman–Crippen MR) is 69.6 cm³/mol. The first kappa shape index (κ1) is 13.2. The van der Waals surface area contributed by atoms with E-state index < -0.39 is 0 Å². The van der Waals surface area contributed by atoms with E-state index in [1.807, 2.05) is 0 Å². The molecule has 0 saturated heterocycles. The minimum Gasteiger partial charge on any atom is -0.392 e. The molecule has 0 aliphatic rings. The second kappa shape index (κ2) is 5.49. The monoisotopic (exact) mass is 220 g/mol. The van der Waals surface area contributed by atoms with Gasteiger partial charge in [0.05, 0.1) is 6.10 Å². The van der Waals surface area contributed by atoms with Gasteiger partial charge < -0.3 is 5.11 Å². The van der Waals surface area contributed by atoms with E-state index in [0.717, 1.165) is 6.42 Å². The molecule has 0 fully saturated rings. The van der Waals surface area contributed by atoms with Gasteiger partial charge in [0.25, 0.3) is 0 Å². The predicted octanol–water partition coefficient (Wildman–Crippen LogP) is 3.50. The minimum atomic E-state index is -0.234. The number of aliphatic hydroxyl groups excluding tert-OH is 1. The quantitative estimate of drug-likeness (QED) is 0.823. The van der Waals surface area contributed by atoms with Crippen LogP contribution in [0.15, 0.2) is 18.2 Å². The zero-order valence-electron chi connectivity index (χ0n) is 11.1. The Balaban J connectivity index is 2.69. The van der Waals surface area contributed by atoms with Crippen molar-refractivity contribution in [1.82, 2.24) is 0 Å². The first-order valence-electron chi connectivity index (χ1n) is 6.16. The molecular weight excluding hydrogens is 196 g/mol. The van der Waals surface area contributed by atoms with Crippen LogP contribution in [0.3, 0.4) is 0 Å². The maximum atomic E-state index is 10.1. The van der Waals surface area contributed by atoms with Crippen LogP contribution in [0.2, 0.25) is 0 Å². The fourth-order valence-electron chi connectivity index (χ4n) is 1.80. The van der Waals surface area contributed by atoms with E-state index in [9.17, 15) is 5.11 Å². The van der Waals surface area contributed by atoms with Gasteiger partial charge in [0, 0.05) is 0 Å². The van der Waals surface area contributed by atoms with Crippen LogP contribution in [0.5, 0.6) is 0 Å². The molecule has 90 valence electrons. The number of benzene rings is 1. The molecule has 1 nitrogen and oxygen atoms in total. The van der Waals surface area contributed by atoms with Crippen molar-refractivity contribution in [3.8, 4) is 0 Å². The van der Waals surface area contributed by atoms with Crippen LogP contribution in [0.4, 0.5) is 0 Å². The van der Waals surface area contributed by atoms with Crippen molar-refractivity contribution in [1.29, 1.82) is 0 Å². The molecule has 1 N–H and O–H groups in total. The van der Waals surface area contributed by atoms with E-state index in [1.165, 1.54) is 16.7 Å². The second-order valence-corrected chi connectivity index (χ2v) is 5.29. The maximum absolute atomic E-state index is 10.1. The van der Waals surface area contributed by atoms with E-state index in [-0.39, 0.29) is 6.10 Å². The van der Waals surface area contributed by atoms with E-state index in [2.05, 4.69) is 52.8 Å². The van der Waals surface area contributed by atoms with Gasteiger partial charge in [0.1, 0.15) is 0 Å². The summed E-state index contributed by atoms with van der Waals surface area (Å²) >= 11 is 0. The van der Waals surface area contributed by atoms with Crippen molar-refractivity contribution < 1.29 is 5.11 Å². The third-order valence-corrected chi connectivity index (χ3v) is 3.67. The fraction of sp³-hybridized carbons (Fsp3) is 0.600. The Bertz CT molecular complexity index is 341. The zero-order valence-corrected chi connectivity index (χ0v) is 11.1. The van der Waals surface area contributed by atoms with Gasteiger partial charge in [-0.15, -0.1) is 0 Å². The van der Waals surface area contributed by atoms with Gasteiger partial charge in [-0.05, 0) is 48.8 Å². The molecule has 1 heteroatoms. The van der Waals surface area contributed by atoms with Crippen molar-refractivity contribution in [2.75, 3.05) is 0 Å². The van der Waals surface area contributed by atoms with Crippen molar-refractivity contribution in [2.24, 2.45) is 11.8 Å². The highest BCUT2D eigenvalue weighted by Crippen LogP contribution is 2.19. The lowest BCUT2D eigenvalue weighted by molar-refractivity contribution is 0.0921. The third-order valence-electron chi connectivity index (χ3n) is 3.67. The lowest BCUT2D eigenvalue weighted by Crippen LogP contribution is -2.24. The highest BCUT2D eigenvalue weighted by Gasteiger charge is 2.17. The van der Waals surface area contributed by atoms with Crippen molar-refractivity contribution in [2.45, 2.75) is 47.1 Å². The van der Waals surface area contributed by atoms with Gasteiger partial charge in [-0.1, -0.05) is 39.0 Å². The third kappa shape index (κ3) is 3.34. The highest BCUT2D eigenvalue weighted by molar-refractivity contribution is 5.30. The van der Waals surface area contributed by atoms with Crippen LogP contribution in [-0.4, -0.2) is 11.2 Å². The standard InChI is InChI=1S/C15H24O/c1-10(2)13(5)15(16)9-14-7-6-11(3)12(4)8-14/h6-8,10,13,15-16H,9H2,1-5H3. The molecule has 2 atom stereocenters. The van der Waals surface area contributed by atoms with Gasteiger partial charge >= 0.3 is 0 Å². The van der Waals surface area contributed by atoms with Crippen LogP contribution in [-0.2, 0) is 6.42 Å². The molecule has 0 aliphatic heterocycles. The molecule has 1 aromatic rings. The Kier molecular flexibility index (Phi) is 4.55. The lowest BCUT2D eigenvalue weighted by Gasteiger charge is -2.22. The van der Waals surface area contributed by atoms with Crippen LogP contribution in [0.1, 0.15) is 37.5 Å². The summed E-state index contributed by atoms with van der Waals surface area (Å²) in [5.74, 6) is 0.878. The number of hydrogen-bond acceptors (Lipinski definition) is 1. The summed E-state index contributed by atoms with van der Waals surface area (Å²) in [6.07, 6.45) is 0.530. The highest BCUT2D eigenvalue weighted by atomic mass is 16.3. The van der Waals surface area contributed by atoms with Crippen LogP contribution < -0.4 is 0 Å². The largest absolute Gasteiger partial charge is 0.392 e. The summed E-state index contributed by atoms with van der Waals surface area (Å²) in [7, 11) is 0. The number of aliphatic hydroxyl groups is 1. The molecule has 0 aromatic heterocycles. The molecule has 0 aliphatic carbocycles. The fourth-order valence-corrected chi connectivity index (χ4v) is 1.80. The maximum Gasteiger partial charge on any atom is 0.0608 e. The lowest BCUT2D eigenvalue weighted by atomic mass is 9.88. The van der Waals surface area contributed by atoms with E-state index in [4.69, 9.17) is 0 Å². The summed E-state index contributed by atoms with van der Waals surface area (Å²) in [5.41, 5.74) is 3.86. The minimum absolute atomic E-state index is 0.234. The number of rotatable bonds is 4. The first-order valence-corrected chi connectivity index (χ1v) is 6.16. The molecule has 0 amide bonds. The molecule has 2 unspecified atom stereocenters. The summed E-state index contributed by atoms with van der Waals surface area (Å²) in [6.45, 7) is 10.7. The average molecular weight is 220 g/mol. The summed E-state index contributed by atoms with van der Waals surface area (Å²) in [4.78, 5) is 0. The van der Waals surface area contributed by atoms with Gasteiger partial charge in [-0.25, -0.2) is 0 Å². The molecule has 0 spiro atoms. The smallest absolute Gasteiger partial charge is 0.0608 e. The number of aryl methyl sites for hydroxylation is 2. The van der Waals surface area contributed by atoms with Crippen molar-refractivity contribution in [3.63, 3.8) is 0 Å². The Morgan fingerprint density at radius 2 is 1.69 bits per heavy atom. The second-order valence-electron chi connectivity index (χ2n) is 5.29. The SMILES string of the molecule is Cc1ccc(CC(O)C(C)C(C)C)cc1C. The van der Waals surface area contributed by atoms with Gasteiger partial charge in [0.2, 0.25) is 0 Å². The first-order chi connectivity index (χ1) is 7.41. The Morgan fingerprint density at radius 1 is 1.06 bits per heavy atom. The molecule has 1 rings (SSSR count). The molecule has 0 heterocycles. The van der Waals surface area contributed by atoms with Crippen molar-refractivity contribution >= 4 is 0 Å². The Morgan fingerprint density at radius 3 is 2.19 bits per heavy atom. The van der Waals surface area contributed by atoms with E-state index in [0.29, 0.717) is 11.8 Å². The molecule has 0 bridgehead atoms. The summed E-state index contributed by atoms with van der Waals surface area (Å²) in [5, 5.41) is 10.1. The Labute approximate surface area is 99.5 Å². The summed E-state index contributed by atoms with van der Waals surface area (Å²) < 4.78 is 0. The Hall–Kier alpha value is -0.820. The van der Waals surface area contributed by atoms with Crippen LogP contribution in [0, 0.1) is 25.7 Å². The molecule has 1 aromatic carbocycles. The number of hydrogen-bond donors (Lipinski definition) is 1. The summed E-state index contributed by atoms with van der Waals surface area (Å²) in [6, 6.07) is 6.45. The molecule has 0 saturated carbocycles. The average Bonchev–Trinajstić information content (AvgIpc) is 2.22. The topological polar surface area (TPSA) is 20.2 Å². The van der Waals surface area contributed by atoms with E-state index in [1.54, 1.807) is 0 Å². The normalized spacial score (nSPS) is 15.2. The van der Waals surface area contributed by atoms with Crippen molar-refractivity contribution in [3.05, 3.63) is 34.9 Å². The van der Waals surface area contributed by atoms with Gasteiger partial charge in [0.15, 0.2) is 0 Å². The van der Waals surface area contributed by atoms with Crippen LogP contribution >= 0.6 is 0 Å².